The van der Waals surface area contributed by atoms with E-state index < -0.39 is 24.5 Å². The number of carbonyl (C=O) groups excluding carboxylic acids is 1. The fourth-order valence-corrected chi connectivity index (χ4v) is 0.358. The van der Waals surface area contributed by atoms with E-state index in [1.165, 1.54) is 6.92 Å². The second-order valence-electron chi connectivity index (χ2n) is 2.36. The Morgan fingerprint density at radius 3 is 2.67 bits per heavy atom. The molecule has 0 saturated heterocycles. The van der Waals surface area contributed by atoms with Crippen LogP contribution in [0.4, 0.5) is 8.78 Å². The van der Waals surface area contributed by atoms with E-state index in [9.17, 15) is 13.6 Å². The zero-order valence-electron chi connectivity index (χ0n) is 6.72. The Bertz CT molecular complexity index is 180. The Kier molecular flexibility index (Phi) is 3.82. The van der Waals surface area contributed by atoms with E-state index in [0.717, 1.165) is 0 Å². The van der Waals surface area contributed by atoms with Crippen molar-refractivity contribution in [3.05, 3.63) is 12.7 Å². The van der Waals surface area contributed by atoms with Crippen LogP contribution in [0, 0.1) is 0 Å². The molecule has 3 nitrogen and oxygen atoms in total. The molecule has 0 spiro atoms. The van der Waals surface area contributed by atoms with Gasteiger partial charge in [-0.25, -0.2) is 0 Å². The molecule has 1 unspecified atom stereocenters. The molecule has 0 amide bonds. The average molecular weight is 179 g/mol. The van der Waals surface area contributed by atoms with Crippen LogP contribution in [0.5, 0.6) is 0 Å². The van der Waals surface area contributed by atoms with Gasteiger partial charge in [0.25, 0.3) is 5.92 Å². The lowest BCUT2D eigenvalue weighted by Gasteiger charge is -2.12. The van der Waals surface area contributed by atoms with Crippen molar-refractivity contribution < 1.29 is 18.3 Å². The molecule has 2 N–H and O–H groups in total. The van der Waals surface area contributed by atoms with Crippen LogP contribution >= 0.6 is 0 Å². The van der Waals surface area contributed by atoms with Crippen molar-refractivity contribution >= 4 is 5.97 Å². The van der Waals surface area contributed by atoms with Crippen molar-refractivity contribution in [3.8, 4) is 0 Å². The van der Waals surface area contributed by atoms with E-state index in [0.29, 0.717) is 6.08 Å². The summed E-state index contributed by atoms with van der Waals surface area (Å²) >= 11 is 0. The van der Waals surface area contributed by atoms with Gasteiger partial charge in [-0.15, -0.1) is 0 Å². The van der Waals surface area contributed by atoms with Gasteiger partial charge in [-0.05, 0) is 13.0 Å². The fraction of sp³-hybridized carbons (Fsp3) is 0.571. The van der Waals surface area contributed by atoms with E-state index in [1.54, 1.807) is 0 Å². The molecule has 0 aliphatic heterocycles. The molecule has 0 radical (unpaired) electrons. The van der Waals surface area contributed by atoms with E-state index in [1.807, 2.05) is 0 Å². The minimum Gasteiger partial charge on any atom is -0.458 e. The summed E-state index contributed by atoms with van der Waals surface area (Å²) in [5.41, 5.74) is 5.06. The first-order chi connectivity index (χ1) is 5.39. The Hall–Kier alpha value is -0.970. The maximum Gasteiger partial charge on any atom is 0.322 e. The SMILES string of the molecule is C=CC(F)(F)COC(=O)C(C)N. The number of alkyl halides is 2. The number of carbonyl (C=O) groups is 1. The molecule has 0 aromatic heterocycles. The number of ether oxygens (including phenoxy) is 1. The normalized spacial score (nSPS) is 13.7. The molecular weight excluding hydrogens is 168 g/mol. The summed E-state index contributed by atoms with van der Waals surface area (Å²) in [4.78, 5) is 10.6. The summed E-state index contributed by atoms with van der Waals surface area (Å²) in [5, 5.41) is 0. The number of nitrogens with two attached hydrogens (primary N) is 1. The molecule has 5 heteroatoms. The van der Waals surface area contributed by atoms with Gasteiger partial charge < -0.3 is 10.5 Å². The predicted octanol–water partition coefficient (Wildman–Crippen LogP) is 0.698. The summed E-state index contributed by atoms with van der Waals surface area (Å²) in [6.07, 6.45) is 0.418. The highest BCUT2D eigenvalue weighted by Gasteiger charge is 2.26. The Morgan fingerprint density at radius 2 is 2.33 bits per heavy atom. The maximum absolute atomic E-state index is 12.3. The van der Waals surface area contributed by atoms with E-state index in [-0.39, 0.29) is 0 Å². The number of rotatable bonds is 4. The van der Waals surface area contributed by atoms with Gasteiger partial charge in [0.05, 0.1) is 0 Å². The highest BCUT2D eigenvalue weighted by molar-refractivity contribution is 5.74. The quantitative estimate of drug-likeness (QED) is 0.510. The van der Waals surface area contributed by atoms with Crippen LogP contribution in [-0.4, -0.2) is 24.5 Å². The minimum atomic E-state index is -3.18. The lowest BCUT2D eigenvalue weighted by atomic mass is 10.3. The Morgan fingerprint density at radius 1 is 1.83 bits per heavy atom. The molecule has 0 bridgehead atoms. The summed E-state index contributed by atoms with van der Waals surface area (Å²) in [6, 6.07) is -0.884. The van der Waals surface area contributed by atoms with Crippen LogP contribution < -0.4 is 5.73 Å². The largest absolute Gasteiger partial charge is 0.458 e. The molecule has 0 aliphatic carbocycles. The summed E-state index contributed by atoms with van der Waals surface area (Å²) in [7, 11) is 0. The van der Waals surface area contributed by atoms with E-state index >= 15 is 0 Å². The monoisotopic (exact) mass is 179 g/mol. The van der Waals surface area contributed by atoms with Gasteiger partial charge in [0, 0.05) is 0 Å². The smallest absolute Gasteiger partial charge is 0.322 e. The standard InChI is InChI=1S/C7H11F2NO2/c1-3-7(8,9)4-12-6(11)5(2)10/h3,5H,1,4,10H2,2H3. The lowest BCUT2D eigenvalue weighted by molar-refractivity contribution is -0.152. The first kappa shape index (κ1) is 11.0. The van der Waals surface area contributed by atoms with Crippen LogP contribution in [0.2, 0.25) is 0 Å². The van der Waals surface area contributed by atoms with Crippen LogP contribution in [0.1, 0.15) is 6.92 Å². The van der Waals surface area contributed by atoms with Gasteiger partial charge in [0.2, 0.25) is 0 Å². The molecule has 0 fully saturated rings. The second kappa shape index (κ2) is 4.15. The van der Waals surface area contributed by atoms with E-state index in [2.05, 4.69) is 11.3 Å². The van der Waals surface area contributed by atoms with Crippen molar-refractivity contribution in [2.24, 2.45) is 5.73 Å². The van der Waals surface area contributed by atoms with Crippen molar-refractivity contribution in [1.82, 2.24) is 0 Å². The van der Waals surface area contributed by atoms with Gasteiger partial charge in [0.15, 0.2) is 6.61 Å². The fourth-order valence-electron chi connectivity index (χ4n) is 0.358. The van der Waals surface area contributed by atoms with Crippen molar-refractivity contribution in [1.29, 1.82) is 0 Å². The van der Waals surface area contributed by atoms with Gasteiger partial charge in [0.1, 0.15) is 6.04 Å². The second-order valence-corrected chi connectivity index (χ2v) is 2.36. The molecule has 12 heavy (non-hydrogen) atoms. The minimum absolute atomic E-state index is 0.418. The summed E-state index contributed by atoms with van der Waals surface area (Å²) in [6.45, 7) is 3.24. The molecule has 0 rings (SSSR count). The Balaban J connectivity index is 3.83. The highest BCUT2D eigenvalue weighted by atomic mass is 19.3. The van der Waals surface area contributed by atoms with Crippen molar-refractivity contribution in [2.45, 2.75) is 18.9 Å². The molecule has 0 aromatic carbocycles. The van der Waals surface area contributed by atoms with Gasteiger partial charge in [-0.3, -0.25) is 4.79 Å². The lowest BCUT2D eigenvalue weighted by Crippen LogP contribution is -2.32. The van der Waals surface area contributed by atoms with Gasteiger partial charge in [-0.1, -0.05) is 6.58 Å². The zero-order chi connectivity index (χ0) is 9.78. The van der Waals surface area contributed by atoms with E-state index in [4.69, 9.17) is 5.73 Å². The van der Waals surface area contributed by atoms with Crippen LogP contribution in [0.25, 0.3) is 0 Å². The summed E-state index contributed by atoms with van der Waals surface area (Å²) < 4.78 is 28.9. The first-order valence-electron chi connectivity index (χ1n) is 3.32. The third kappa shape index (κ3) is 4.02. The Labute approximate surface area is 69.2 Å². The number of hydrogen-bond acceptors (Lipinski definition) is 3. The van der Waals surface area contributed by atoms with Crippen LogP contribution in [-0.2, 0) is 9.53 Å². The average Bonchev–Trinajstić information content (AvgIpc) is 2.00. The molecular formula is C7H11F2NO2. The molecule has 0 aromatic rings. The third-order valence-electron chi connectivity index (χ3n) is 1.08. The number of hydrogen-bond donors (Lipinski definition) is 1. The number of esters is 1. The number of halogens is 2. The molecule has 70 valence electrons. The molecule has 0 saturated carbocycles. The van der Waals surface area contributed by atoms with Crippen LogP contribution in [0.15, 0.2) is 12.7 Å². The zero-order valence-corrected chi connectivity index (χ0v) is 6.72. The van der Waals surface area contributed by atoms with Gasteiger partial charge >= 0.3 is 5.97 Å². The molecule has 0 aliphatic rings. The van der Waals surface area contributed by atoms with Crippen molar-refractivity contribution in [3.63, 3.8) is 0 Å². The topological polar surface area (TPSA) is 52.3 Å². The van der Waals surface area contributed by atoms with Crippen LogP contribution in [0.3, 0.4) is 0 Å². The molecule has 0 heterocycles. The van der Waals surface area contributed by atoms with Crippen molar-refractivity contribution in [2.75, 3.05) is 6.61 Å². The maximum atomic E-state index is 12.3. The van der Waals surface area contributed by atoms with Gasteiger partial charge in [-0.2, -0.15) is 8.78 Å². The first-order valence-corrected chi connectivity index (χ1v) is 3.32. The highest BCUT2D eigenvalue weighted by Crippen LogP contribution is 2.14. The third-order valence-corrected chi connectivity index (χ3v) is 1.08. The molecule has 1 atom stereocenters. The summed E-state index contributed by atoms with van der Waals surface area (Å²) in [5.74, 6) is -4.03. The predicted molar refractivity (Wildman–Crippen MR) is 39.8 cm³/mol.